The van der Waals surface area contributed by atoms with E-state index in [-0.39, 0.29) is 5.91 Å². The highest BCUT2D eigenvalue weighted by Gasteiger charge is 1.99. The summed E-state index contributed by atoms with van der Waals surface area (Å²) in [7, 11) is 3.67. The molecule has 0 aromatic carbocycles. The third-order valence-corrected chi connectivity index (χ3v) is 2.38. The number of carbonyl (C=O) groups is 1. The van der Waals surface area contributed by atoms with E-state index in [1.54, 1.807) is 27.8 Å². The van der Waals surface area contributed by atoms with E-state index in [9.17, 15) is 4.79 Å². The molecule has 18 heavy (non-hydrogen) atoms. The Balaban J connectivity index is 1.83. The zero-order valence-corrected chi connectivity index (χ0v) is 10.4. The topological polar surface area (TPSA) is 64.7 Å². The van der Waals surface area contributed by atoms with Gasteiger partial charge < -0.3 is 5.32 Å². The monoisotopic (exact) mass is 245 g/mol. The van der Waals surface area contributed by atoms with Crippen molar-refractivity contribution in [2.45, 2.75) is 6.54 Å². The number of amides is 1. The standard InChI is InChI=1S/C12H15N5O/c1-16-8-10(6-14-16)3-4-12(18)13-5-11-7-15-17(2)9-11/h3-4,6-9H,5H2,1-2H3,(H,13,18)/b4-3+. The molecule has 2 heterocycles. The lowest BCUT2D eigenvalue weighted by Gasteiger charge is -1.98. The van der Waals surface area contributed by atoms with Crippen LogP contribution in [0.2, 0.25) is 0 Å². The number of hydrogen-bond acceptors (Lipinski definition) is 3. The van der Waals surface area contributed by atoms with E-state index in [2.05, 4.69) is 15.5 Å². The Morgan fingerprint density at radius 2 is 2.00 bits per heavy atom. The van der Waals surface area contributed by atoms with Crippen LogP contribution >= 0.6 is 0 Å². The third-order valence-electron chi connectivity index (χ3n) is 2.38. The highest BCUT2D eigenvalue weighted by molar-refractivity contribution is 5.91. The highest BCUT2D eigenvalue weighted by atomic mass is 16.1. The van der Waals surface area contributed by atoms with Crippen molar-refractivity contribution < 1.29 is 4.79 Å². The molecule has 0 aliphatic rings. The van der Waals surface area contributed by atoms with E-state index in [1.165, 1.54) is 6.08 Å². The molecule has 2 aromatic rings. The van der Waals surface area contributed by atoms with Gasteiger partial charge in [0.05, 0.1) is 12.4 Å². The van der Waals surface area contributed by atoms with Crippen LogP contribution < -0.4 is 5.32 Å². The minimum absolute atomic E-state index is 0.136. The number of aromatic nitrogens is 4. The van der Waals surface area contributed by atoms with Crippen molar-refractivity contribution in [3.63, 3.8) is 0 Å². The summed E-state index contributed by atoms with van der Waals surface area (Å²) in [5, 5.41) is 10.8. The Hall–Kier alpha value is -2.37. The average molecular weight is 245 g/mol. The first-order chi connectivity index (χ1) is 8.63. The molecule has 0 aliphatic heterocycles. The minimum atomic E-state index is -0.136. The third kappa shape index (κ3) is 3.31. The first kappa shape index (κ1) is 12.1. The van der Waals surface area contributed by atoms with Crippen LogP contribution in [-0.2, 0) is 25.4 Å². The first-order valence-corrected chi connectivity index (χ1v) is 5.55. The van der Waals surface area contributed by atoms with E-state index in [0.29, 0.717) is 6.54 Å². The van der Waals surface area contributed by atoms with Crippen molar-refractivity contribution in [1.82, 2.24) is 24.9 Å². The summed E-state index contributed by atoms with van der Waals surface area (Å²) in [6.07, 6.45) is 10.4. The largest absolute Gasteiger partial charge is 0.348 e. The fraction of sp³-hybridized carbons (Fsp3) is 0.250. The number of nitrogens with one attached hydrogen (secondary N) is 1. The average Bonchev–Trinajstić information content (AvgIpc) is 2.93. The second kappa shape index (κ2) is 5.31. The number of carbonyl (C=O) groups excluding carboxylic acids is 1. The maximum Gasteiger partial charge on any atom is 0.244 e. The van der Waals surface area contributed by atoms with Crippen molar-refractivity contribution >= 4 is 12.0 Å². The van der Waals surface area contributed by atoms with Gasteiger partial charge in [-0.15, -0.1) is 0 Å². The summed E-state index contributed by atoms with van der Waals surface area (Å²) in [6, 6.07) is 0. The Morgan fingerprint density at radius 1 is 1.28 bits per heavy atom. The maximum atomic E-state index is 11.6. The van der Waals surface area contributed by atoms with Gasteiger partial charge in [0.15, 0.2) is 0 Å². The van der Waals surface area contributed by atoms with Gasteiger partial charge in [0.25, 0.3) is 0 Å². The normalized spacial score (nSPS) is 11.0. The molecule has 1 N–H and O–H groups in total. The summed E-state index contributed by atoms with van der Waals surface area (Å²) in [4.78, 5) is 11.6. The summed E-state index contributed by atoms with van der Waals surface area (Å²) < 4.78 is 3.39. The van der Waals surface area contributed by atoms with Gasteiger partial charge in [-0.3, -0.25) is 14.2 Å². The molecular weight excluding hydrogens is 230 g/mol. The maximum absolute atomic E-state index is 11.6. The van der Waals surface area contributed by atoms with E-state index in [0.717, 1.165) is 11.1 Å². The number of aryl methyl sites for hydroxylation is 2. The Labute approximate surface area is 105 Å². The van der Waals surface area contributed by atoms with Crippen molar-refractivity contribution in [1.29, 1.82) is 0 Å². The van der Waals surface area contributed by atoms with Crippen LogP contribution in [0.1, 0.15) is 11.1 Å². The van der Waals surface area contributed by atoms with E-state index < -0.39 is 0 Å². The predicted molar refractivity (Wildman–Crippen MR) is 67.3 cm³/mol. The Morgan fingerprint density at radius 3 is 2.61 bits per heavy atom. The van der Waals surface area contributed by atoms with E-state index in [4.69, 9.17) is 0 Å². The quantitative estimate of drug-likeness (QED) is 0.797. The van der Waals surface area contributed by atoms with Crippen molar-refractivity contribution in [3.8, 4) is 0 Å². The van der Waals surface area contributed by atoms with Crippen LogP contribution in [0.15, 0.2) is 30.9 Å². The van der Waals surface area contributed by atoms with Gasteiger partial charge in [0, 0.05) is 50.2 Å². The van der Waals surface area contributed by atoms with E-state index >= 15 is 0 Å². The van der Waals surface area contributed by atoms with E-state index in [1.807, 2.05) is 26.5 Å². The SMILES string of the molecule is Cn1cc(/C=C/C(=O)NCc2cnn(C)c2)cn1. The second-order valence-corrected chi connectivity index (χ2v) is 4.02. The van der Waals surface area contributed by atoms with Crippen LogP contribution in [0.3, 0.4) is 0 Å². The minimum Gasteiger partial charge on any atom is -0.348 e. The van der Waals surface area contributed by atoms with Gasteiger partial charge >= 0.3 is 0 Å². The van der Waals surface area contributed by atoms with Gasteiger partial charge in [-0.1, -0.05) is 0 Å². The summed E-state index contributed by atoms with van der Waals surface area (Å²) in [5.41, 5.74) is 1.87. The van der Waals surface area contributed by atoms with Gasteiger partial charge in [-0.2, -0.15) is 10.2 Å². The summed E-state index contributed by atoms with van der Waals surface area (Å²) >= 11 is 0. The number of nitrogens with zero attached hydrogens (tertiary/aromatic N) is 4. The van der Waals surface area contributed by atoms with Gasteiger partial charge in [-0.25, -0.2) is 0 Å². The first-order valence-electron chi connectivity index (χ1n) is 5.55. The molecule has 0 fully saturated rings. The number of hydrogen-bond donors (Lipinski definition) is 1. The lowest BCUT2D eigenvalue weighted by atomic mass is 10.3. The molecule has 0 spiro atoms. The van der Waals surface area contributed by atoms with Crippen LogP contribution in [-0.4, -0.2) is 25.5 Å². The zero-order valence-electron chi connectivity index (χ0n) is 10.4. The molecule has 2 aromatic heterocycles. The van der Waals surface area contributed by atoms with Crippen molar-refractivity contribution in [2.24, 2.45) is 14.1 Å². The lowest BCUT2D eigenvalue weighted by Crippen LogP contribution is -2.19. The van der Waals surface area contributed by atoms with Crippen LogP contribution in [0.25, 0.3) is 6.08 Å². The molecule has 0 aliphatic carbocycles. The molecule has 0 saturated carbocycles. The fourth-order valence-corrected chi connectivity index (χ4v) is 1.51. The molecule has 0 unspecified atom stereocenters. The van der Waals surface area contributed by atoms with Crippen molar-refractivity contribution in [2.75, 3.05) is 0 Å². The van der Waals surface area contributed by atoms with Gasteiger partial charge in [0.2, 0.25) is 5.91 Å². The fourth-order valence-electron chi connectivity index (χ4n) is 1.51. The lowest BCUT2D eigenvalue weighted by molar-refractivity contribution is -0.116. The van der Waals surface area contributed by atoms with Crippen molar-refractivity contribution in [3.05, 3.63) is 42.0 Å². The van der Waals surface area contributed by atoms with Gasteiger partial charge in [0.1, 0.15) is 0 Å². The molecule has 2 rings (SSSR count). The molecule has 0 bridgehead atoms. The molecule has 6 heteroatoms. The van der Waals surface area contributed by atoms with Crippen LogP contribution in [0, 0.1) is 0 Å². The molecular formula is C12H15N5O. The second-order valence-electron chi connectivity index (χ2n) is 4.02. The Bertz CT molecular complexity index is 567. The summed E-state index contributed by atoms with van der Waals surface area (Å²) in [5.74, 6) is -0.136. The molecule has 1 amide bonds. The predicted octanol–water partition coefficient (Wildman–Crippen LogP) is 0.483. The Kier molecular flexibility index (Phi) is 3.57. The molecule has 6 nitrogen and oxygen atoms in total. The smallest absolute Gasteiger partial charge is 0.244 e. The molecule has 0 saturated heterocycles. The number of rotatable bonds is 4. The van der Waals surface area contributed by atoms with Crippen LogP contribution in [0.4, 0.5) is 0 Å². The van der Waals surface area contributed by atoms with Gasteiger partial charge in [-0.05, 0) is 6.08 Å². The molecule has 94 valence electrons. The van der Waals surface area contributed by atoms with Crippen LogP contribution in [0.5, 0.6) is 0 Å². The molecule has 0 radical (unpaired) electrons. The zero-order chi connectivity index (χ0) is 13.0. The molecule has 0 atom stereocenters. The highest BCUT2D eigenvalue weighted by Crippen LogP contribution is 1.99. The summed E-state index contributed by atoms with van der Waals surface area (Å²) in [6.45, 7) is 0.476.